The molecule has 3 N–H and O–H groups in total. The fraction of sp³-hybridized carbons (Fsp3) is 0.348. The summed E-state index contributed by atoms with van der Waals surface area (Å²) in [6.45, 7) is 8.34. The van der Waals surface area contributed by atoms with Gasteiger partial charge in [0.15, 0.2) is 0 Å². The van der Waals surface area contributed by atoms with Gasteiger partial charge in [-0.2, -0.15) is 0 Å². The molecule has 0 saturated heterocycles. The summed E-state index contributed by atoms with van der Waals surface area (Å²) in [6, 6.07) is 11.1. The minimum Gasteiger partial charge on any atom is -0.387 e. The molecule has 0 fully saturated rings. The normalized spacial score (nSPS) is 12.6. The van der Waals surface area contributed by atoms with Crippen molar-refractivity contribution in [1.82, 2.24) is 15.2 Å². The number of nitrogens with one attached hydrogen (secondary N) is 2. The summed E-state index contributed by atoms with van der Waals surface area (Å²) in [4.78, 5) is 29.2. The third kappa shape index (κ3) is 7.09. The van der Waals surface area contributed by atoms with Crippen LogP contribution in [-0.2, 0) is 16.0 Å². The second-order valence-electron chi connectivity index (χ2n) is 7.03. The second kappa shape index (κ2) is 11.8. The van der Waals surface area contributed by atoms with Crippen molar-refractivity contribution in [3.63, 3.8) is 0 Å². The van der Waals surface area contributed by atoms with Gasteiger partial charge in [-0.05, 0) is 56.7 Å². The molecule has 0 unspecified atom stereocenters. The fourth-order valence-electron chi connectivity index (χ4n) is 3.00. The van der Waals surface area contributed by atoms with Crippen LogP contribution in [0.25, 0.3) is 0 Å². The van der Waals surface area contributed by atoms with Gasteiger partial charge in [0.25, 0.3) is 0 Å². The van der Waals surface area contributed by atoms with E-state index < -0.39 is 6.10 Å². The van der Waals surface area contributed by atoms with Crippen molar-refractivity contribution < 1.29 is 14.7 Å². The molecule has 0 radical (unpaired) electrons. The number of hydrogen-bond acceptors (Lipinski definition) is 5. The number of nitrogens with zero attached hydrogens (tertiary/aromatic N) is 2. The van der Waals surface area contributed by atoms with Crippen molar-refractivity contribution in [2.75, 3.05) is 25.0 Å². The SMILES string of the molecule is C=CC(=O)N(CC)CC(=O)Nc1ccc(CCN[C@H](C)[C@H](O)c2cccnc2)cc1. The van der Waals surface area contributed by atoms with Gasteiger partial charge >= 0.3 is 0 Å². The molecule has 160 valence electrons. The molecule has 2 amide bonds. The lowest BCUT2D eigenvalue weighted by Crippen LogP contribution is -2.36. The summed E-state index contributed by atoms with van der Waals surface area (Å²) in [6.07, 6.45) is 4.72. The molecule has 0 aliphatic rings. The molecular weight excluding hydrogens is 380 g/mol. The first-order chi connectivity index (χ1) is 14.4. The number of benzene rings is 1. The molecule has 0 aliphatic heterocycles. The Morgan fingerprint density at radius 2 is 2.00 bits per heavy atom. The van der Waals surface area contributed by atoms with E-state index in [1.54, 1.807) is 12.4 Å². The lowest BCUT2D eigenvalue weighted by atomic mass is 10.1. The predicted octanol–water partition coefficient (Wildman–Crippen LogP) is 2.31. The van der Waals surface area contributed by atoms with Gasteiger partial charge in [-0.1, -0.05) is 24.8 Å². The van der Waals surface area contributed by atoms with Crippen LogP contribution in [0.3, 0.4) is 0 Å². The second-order valence-corrected chi connectivity index (χ2v) is 7.03. The van der Waals surface area contributed by atoms with Gasteiger partial charge in [0.2, 0.25) is 11.8 Å². The van der Waals surface area contributed by atoms with Crippen LogP contribution in [0.5, 0.6) is 0 Å². The average Bonchev–Trinajstić information content (AvgIpc) is 2.78. The van der Waals surface area contributed by atoms with Crippen LogP contribution >= 0.6 is 0 Å². The topological polar surface area (TPSA) is 94.6 Å². The third-order valence-corrected chi connectivity index (χ3v) is 4.82. The smallest absolute Gasteiger partial charge is 0.246 e. The van der Waals surface area contributed by atoms with E-state index >= 15 is 0 Å². The molecule has 2 rings (SSSR count). The minimum absolute atomic E-state index is 0.00975. The van der Waals surface area contributed by atoms with Gasteiger partial charge in [-0.3, -0.25) is 14.6 Å². The minimum atomic E-state index is -0.619. The number of pyridine rings is 1. The van der Waals surface area contributed by atoms with Crippen LogP contribution in [0.1, 0.15) is 31.1 Å². The fourth-order valence-corrected chi connectivity index (χ4v) is 3.00. The number of aromatic nitrogens is 1. The highest BCUT2D eigenvalue weighted by Gasteiger charge is 2.16. The first-order valence-corrected chi connectivity index (χ1v) is 10.1. The first kappa shape index (κ1) is 23.3. The zero-order valence-corrected chi connectivity index (χ0v) is 17.5. The number of aliphatic hydroxyl groups excluding tert-OH is 1. The van der Waals surface area contributed by atoms with Crippen molar-refractivity contribution >= 4 is 17.5 Å². The number of carbonyl (C=O) groups excluding carboxylic acids is 2. The van der Waals surface area contributed by atoms with E-state index in [1.807, 2.05) is 50.2 Å². The predicted molar refractivity (Wildman–Crippen MR) is 118 cm³/mol. The van der Waals surface area contributed by atoms with Crippen LogP contribution in [0.4, 0.5) is 5.69 Å². The van der Waals surface area contributed by atoms with E-state index in [4.69, 9.17) is 0 Å². The van der Waals surface area contributed by atoms with Crippen LogP contribution in [0, 0.1) is 0 Å². The Labute approximate surface area is 177 Å². The lowest BCUT2D eigenvalue weighted by molar-refractivity contribution is -0.130. The highest BCUT2D eigenvalue weighted by atomic mass is 16.3. The molecule has 0 spiro atoms. The Morgan fingerprint density at radius 3 is 2.60 bits per heavy atom. The van der Waals surface area contributed by atoms with E-state index in [1.165, 1.54) is 11.0 Å². The maximum absolute atomic E-state index is 12.1. The van der Waals surface area contributed by atoms with Crippen molar-refractivity contribution in [2.24, 2.45) is 0 Å². The Hall–Kier alpha value is -3.03. The van der Waals surface area contributed by atoms with Crippen LogP contribution in [-0.4, -0.2) is 52.5 Å². The molecular formula is C23H30N4O3. The van der Waals surface area contributed by atoms with Crippen molar-refractivity contribution in [3.8, 4) is 0 Å². The average molecular weight is 411 g/mol. The van der Waals surface area contributed by atoms with E-state index in [-0.39, 0.29) is 24.4 Å². The molecule has 30 heavy (non-hydrogen) atoms. The Balaban J connectivity index is 1.78. The summed E-state index contributed by atoms with van der Waals surface area (Å²) in [7, 11) is 0. The van der Waals surface area contributed by atoms with E-state index in [2.05, 4.69) is 22.2 Å². The largest absolute Gasteiger partial charge is 0.387 e. The summed E-state index contributed by atoms with van der Waals surface area (Å²) >= 11 is 0. The van der Waals surface area contributed by atoms with Crippen molar-refractivity contribution in [2.45, 2.75) is 32.4 Å². The number of likely N-dealkylation sites (N-methyl/N-ethyl adjacent to an activating group) is 1. The number of rotatable bonds is 11. The number of aliphatic hydroxyl groups is 1. The van der Waals surface area contributed by atoms with Crippen molar-refractivity contribution in [1.29, 1.82) is 0 Å². The first-order valence-electron chi connectivity index (χ1n) is 10.1. The maximum Gasteiger partial charge on any atom is 0.246 e. The monoisotopic (exact) mass is 410 g/mol. The quantitative estimate of drug-likeness (QED) is 0.494. The maximum atomic E-state index is 12.1. The highest BCUT2D eigenvalue weighted by molar-refractivity contribution is 5.96. The molecule has 7 nitrogen and oxygen atoms in total. The zero-order chi connectivity index (χ0) is 21.9. The number of carbonyl (C=O) groups is 2. The van der Waals surface area contributed by atoms with Gasteiger partial charge in [0, 0.05) is 36.2 Å². The summed E-state index contributed by atoms with van der Waals surface area (Å²) in [5.41, 5.74) is 2.58. The number of anilines is 1. The van der Waals surface area contributed by atoms with Crippen molar-refractivity contribution in [3.05, 3.63) is 72.6 Å². The van der Waals surface area contributed by atoms with Gasteiger partial charge in [-0.15, -0.1) is 0 Å². The third-order valence-electron chi connectivity index (χ3n) is 4.82. The Kier molecular flexibility index (Phi) is 9.18. The Morgan fingerprint density at radius 1 is 1.27 bits per heavy atom. The molecule has 7 heteroatoms. The summed E-state index contributed by atoms with van der Waals surface area (Å²) < 4.78 is 0. The summed E-state index contributed by atoms with van der Waals surface area (Å²) in [5, 5.41) is 16.5. The zero-order valence-electron chi connectivity index (χ0n) is 17.5. The highest BCUT2D eigenvalue weighted by Crippen LogP contribution is 2.15. The Bertz CT molecular complexity index is 824. The van der Waals surface area contributed by atoms with Gasteiger partial charge in [0.05, 0.1) is 6.10 Å². The molecule has 0 aliphatic carbocycles. The van der Waals surface area contributed by atoms with E-state index in [9.17, 15) is 14.7 Å². The summed E-state index contributed by atoms with van der Waals surface area (Å²) in [5.74, 6) is -0.516. The lowest BCUT2D eigenvalue weighted by Gasteiger charge is -2.20. The van der Waals surface area contributed by atoms with Gasteiger partial charge < -0.3 is 20.6 Å². The van der Waals surface area contributed by atoms with E-state index in [0.717, 1.165) is 17.5 Å². The molecule has 0 bridgehead atoms. The number of amides is 2. The van der Waals surface area contributed by atoms with Gasteiger partial charge in [-0.25, -0.2) is 0 Å². The molecule has 2 aromatic rings. The molecule has 1 aromatic heterocycles. The molecule has 1 aromatic carbocycles. The van der Waals surface area contributed by atoms with Gasteiger partial charge in [0.1, 0.15) is 6.54 Å². The van der Waals surface area contributed by atoms with Crippen LogP contribution in [0.15, 0.2) is 61.4 Å². The van der Waals surface area contributed by atoms with Crippen LogP contribution < -0.4 is 10.6 Å². The van der Waals surface area contributed by atoms with E-state index in [0.29, 0.717) is 18.8 Å². The molecule has 1 heterocycles. The van der Waals surface area contributed by atoms with Crippen LogP contribution in [0.2, 0.25) is 0 Å². The molecule has 2 atom stereocenters. The standard InChI is InChI=1S/C23H30N4O3/c1-4-22(29)27(5-2)16-21(28)26-20-10-8-18(9-11-20)12-14-25-17(3)23(30)19-7-6-13-24-15-19/h4,6-11,13,15,17,23,25,30H,1,5,12,14,16H2,2-3H3,(H,26,28)/t17-,23+/m1/s1. The molecule has 0 saturated carbocycles. The number of hydrogen-bond donors (Lipinski definition) is 3.